The van der Waals surface area contributed by atoms with Crippen LogP contribution in [0.2, 0.25) is 0 Å². The van der Waals surface area contributed by atoms with Gasteiger partial charge in [0.15, 0.2) is 0 Å². The number of carbonyl (C=O) groups is 2. The molecule has 0 heterocycles. The molecule has 148 valence electrons. The van der Waals surface area contributed by atoms with Crippen molar-refractivity contribution in [2.24, 2.45) is 11.7 Å². The molecule has 0 unspecified atom stereocenters. The molecule has 0 saturated carbocycles. The number of carboxylic acid groups (broad SMARTS) is 1. The minimum Gasteiger partial charge on any atom is -0.480 e. The molecule has 0 aromatic carbocycles. The van der Waals surface area contributed by atoms with Crippen LogP contribution in [0.5, 0.6) is 0 Å². The summed E-state index contributed by atoms with van der Waals surface area (Å²) in [5, 5.41) is 14.4. The number of aliphatic carboxylic acids is 1. The Balaban J connectivity index is 5.07. The number of carboxylic acids is 1. The van der Waals surface area contributed by atoms with Crippen molar-refractivity contribution in [2.75, 3.05) is 6.54 Å². The molecule has 1 amide bonds. The van der Waals surface area contributed by atoms with Gasteiger partial charge in [-0.05, 0) is 44.6 Å². The highest BCUT2D eigenvalue weighted by Gasteiger charge is 2.33. The molecule has 3 atom stereocenters. The fourth-order valence-electron chi connectivity index (χ4n) is 2.43. The molecule has 0 aliphatic carbocycles. The van der Waals surface area contributed by atoms with Crippen molar-refractivity contribution >= 4 is 19.5 Å². The zero-order valence-electron chi connectivity index (χ0n) is 15.1. The van der Waals surface area contributed by atoms with Crippen LogP contribution in [0.25, 0.3) is 0 Å². The molecule has 0 fully saturated rings. The van der Waals surface area contributed by atoms with Crippen LogP contribution < -0.4 is 16.4 Å². The first-order valence-corrected chi connectivity index (χ1v) is 10.3. The normalized spacial score (nSPS) is 15.6. The van der Waals surface area contributed by atoms with Crippen molar-refractivity contribution in [2.45, 2.75) is 70.7 Å². The molecule has 0 radical (unpaired) electrons. The van der Waals surface area contributed by atoms with Gasteiger partial charge in [0.2, 0.25) is 5.91 Å². The zero-order chi connectivity index (χ0) is 19.6. The molecular formula is C15H32N3O6P. The van der Waals surface area contributed by atoms with Crippen LogP contribution in [-0.4, -0.2) is 51.2 Å². The second-order valence-corrected chi connectivity index (χ2v) is 8.35. The predicted octanol–water partition coefficient (Wildman–Crippen LogP) is 0.603. The number of nitrogens with two attached hydrogens (primary N) is 1. The fraction of sp³-hybridized carbons (Fsp3) is 0.867. The van der Waals surface area contributed by atoms with E-state index in [2.05, 4.69) is 10.6 Å². The van der Waals surface area contributed by atoms with Crippen LogP contribution in [0.3, 0.4) is 0 Å². The predicted molar refractivity (Wildman–Crippen MR) is 95.0 cm³/mol. The van der Waals surface area contributed by atoms with E-state index in [9.17, 15) is 29.0 Å². The lowest BCUT2D eigenvalue weighted by Crippen LogP contribution is -2.52. The molecule has 7 N–H and O–H groups in total. The topological polar surface area (TPSA) is 162 Å². The molecule has 0 aliphatic heterocycles. The maximum atomic E-state index is 12.5. The minimum absolute atomic E-state index is 0.0815. The van der Waals surface area contributed by atoms with Crippen LogP contribution in [0, 0.1) is 5.92 Å². The average Bonchev–Trinajstić information content (AvgIpc) is 2.48. The molecule has 0 aliphatic rings. The van der Waals surface area contributed by atoms with E-state index in [0.717, 1.165) is 0 Å². The van der Waals surface area contributed by atoms with Gasteiger partial charge in [-0.25, -0.2) is 4.79 Å². The summed E-state index contributed by atoms with van der Waals surface area (Å²) in [5.41, 5.74) is 5.39. The van der Waals surface area contributed by atoms with Gasteiger partial charge in [0, 0.05) is 0 Å². The molecule has 0 saturated heterocycles. The van der Waals surface area contributed by atoms with Gasteiger partial charge in [-0.15, -0.1) is 0 Å². The maximum absolute atomic E-state index is 12.5. The van der Waals surface area contributed by atoms with Gasteiger partial charge in [-0.1, -0.05) is 20.8 Å². The Labute approximate surface area is 148 Å². The number of nitrogens with one attached hydrogen (secondary N) is 2. The Hall–Kier alpha value is -0.990. The van der Waals surface area contributed by atoms with Gasteiger partial charge in [-0.3, -0.25) is 14.7 Å². The number of carbonyl (C=O) groups excluding carboxylic acids is 1. The van der Waals surface area contributed by atoms with Crippen LogP contribution >= 0.6 is 7.60 Å². The molecule has 0 aromatic rings. The summed E-state index contributed by atoms with van der Waals surface area (Å²) in [6.45, 7) is 5.79. The first-order valence-electron chi connectivity index (χ1n) is 8.57. The van der Waals surface area contributed by atoms with E-state index in [-0.39, 0.29) is 18.8 Å². The molecular weight excluding hydrogens is 349 g/mol. The van der Waals surface area contributed by atoms with Crippen molar-refractivity contribution in [3.05, 3.63) is 0 Å². The van der Waals surface area contributed by atoms with Crippen LogP contribution in [0.4, 0.5) is 0 Å². The number of hydrogen-bond donors (Lipinski definition) is 6. The van der Waals surface area contributed by atoms with E-state index in [0.29, 0.717) is 25.8 Å². The monoisotopic (exact) mass is 381 g/mol. The van der Waals surface area contributed by atoms with E-state index in [1.807, 2.05) is 13.8 Å². The molecule has 0 aromatic heterocycles. The number of unbranched alkanes of at least 4 members (excludes halogenated alkanes) is 1. The summed E-state index contributed by atoms with van der Waals surface area (Å²) < 4.78 is 11.5. The highest BCUT2D eigenvalue weighted by Crippen LogP contribution is 2.41. The Morgan fingerprint density at radius 1 is 1.16 bits per heavy atom. The Bertz CT molecular complexity index is 468. The highest BCUT2D eigenvalue weighted by atomic mass is 31.2. The third-order valence-electron chi connectivity index (χ3n) is 3.77. The van der Waals surface area contributed by atoms with Crippen molar-refractivity contribution in [1.82, 2.24) is 10.6 Å². The van der Waals surface area contributed by atoms with Gasteiger partial charge >= 0.3 is 13.6 Å². The fourth-order valence-corrected chi connectivity index (χ4v) is 3.28. The Morgan fingerprint density at radius 2 is 1.76 bits per heavy atom. The summed E-state index contributed by atoms with van der Waals surface area (Å²) in [7, 11) is -4.41. The van der Waals surface area contributed by atoms with Crippen LogP contribution in [-0.2, 0) is 14.2 Å². The molecule has 10 heteroatoms. The van der Waals surface area contributed by atoms with E-state index in [1.54, 1.807) is 6.92 Å². The number of rotatable bonds is 13. The first kappa shape index (κ1) is 24.0. The van der Waals surface area contributed by atoms with Crippen molar-refractivity contribution in [1.29, 1.82) is 0 Å². The largest absolute Gasteiger partial charge is 0.480 e. The van der Waals surface area contributed by atoms with E-state index < -0.39 is 37.3 Å². The lowest BCUT2D eigenvalue weighted by molar-refractivity contribution is -0.142. The van der Waals surface area contributed by atoms with Gasteiger partial charge in [0.05, 0.1) is 6.04 Å². The van der Waals surface area contributed by atoms with E-state index >= 15 is 0 Å². The zero-order valence-corrected chi connectivity index (χ0v) is 16.0. The second-order valence-electron chi connectivity index (χ2n) is 6.55. The van der Waals surface area contributed by atoms with Crippen molar-refractivity contribution < 1.29 is 29.0 Å². The summed E-state index contributed by atoms with van der Waals surface area (Å²) in [5.74, 6) is -2.78. The van der Waals surface area contributed by atoms with Gasteiger partial charge in [-0.2, -0.15) is 0 Å². The Kier molecular flexibility index (Phi) is 11.1. The number of amides is 1. The second kappa shape index (κ2) is 11.6. The summed E-state index contributed by atoms with van der Waals surface area (Å²) in [4.78, 5) is 42.5. The number of hydrogen-bond acceptors (Lipinski definition) is 5. The van der Waals surface area contributed by atoms with E-state index in [4.69, 9.17) is 5.73 Å². The van der Waals surface area contributed by atoms with Crippen molar-refractivity contribution in [3.63, 3.8) is 0 Å². The molecule has 0 rings (SSSR count). The lowest BCUT2D eigenvalue weighted by Gasteiger charge is -2.27. The summed E-state index contributed by atoms with van der Waals surface area (Å²) in [6.07, 6.45) is 1.95. The van der Waals surface area contributed by atoms with Crippen LogP contribution in [0.1, 0.15) is 52.9 Å². The smallest absolute Gasteiger partial charge is 0.342 e. The van der Waals surface area contributed by atoms with Gasteiger partial charge in [0.25, 0.3) is 0 Å². The maximum Gasteiger partial charge on any atom is 0.342 e. The standard InChI is InChI=1S/C15H32N3O6P/c1-4-13(25(22,23)24)17-12(9-10(2)3)14(19)18-11(15(20)21)7-5-6-8-16/h10-13,17H,4-9,16H2,1-3H3,(H,18,19)(H,20,21)(H2,22,23,24)/t11-,12-,13-/m0/s1. The minimum atomic E-state index is -4.41. The highest BCUT2D eigenvalue weighted by molar-refractivity contribution is 7.52. The van der Waals surface area contributed by atoms with Gasteiger partial charge in [0.1, 0.15) is 11.8 Å². The van der Waals surface area contributed by atoms with E-state index in [1.165, 1.54) is 0 Å². The average molecular weight is 381 g/mol. The van der Waals surface area contributed by atoms with Crippen LogP contribution in [0.15, 0.2) is 0 Å². The summed E-state index contributed by atoms with van der Waals surface area (Å²) in [6, 6.07) is -1.93. The SMILES string of the molecule is CC[C@@H](N[C@@H](CC(C)C)C(=O)N[C@@H](CCCCN)C(=O)O)P(=O)(O)O. The third-order valence-corrected chi connectivity index (χ3v) is 5.10. The Morgan fingerprint density at radius 3 is 2.16 bits per heavy atom. The van der Waals surface area contributed by atoms with Crippen molar-refractivity contribution in [3.8, 4) is 0 Å². The molecule has 0 spiro atoms. The van der Waals surface area contributed by atoms with Gasteiger partial charge < -0.3 is 25.9 Å². The quantitative estimate of drug-likeness (QED) is 0.200. The summed E-state index contributed by atoms with van der Waals surface area (Å²) >= 11 is 0. The first-order chi connectivity index (χ1) is 11.5. The molecule has 0 bridgehead atoms. The molecule has 25 heavy (non-hydrogen) atoms. The third kappa shape index (κ3) is 9.91. The lowest BCUT2D eigenvalue weighted by atomic mass is 10.0. The molecule has 9 nitrogen and oxygen atoms in total.